The van der Waals surface area contributed by atoms with Crippen molar-refractivity contribution in [3.63, 3.8) is 0 Å². The Morgan fingerprint density at radius 3 is 2.78 bits per heavy atom. The van der Waals surface area contributed by atoms with E-state index >= 15 is 0 Å². The Bertz CT molecular complexity index is 546. The number of nitrogens with zero attached hydrogens (tertiary/aromatic N) is 1. The molecule has 2 rings (SSSR count). The highest BCUT2D eigenvalue weighted by Crippen LogP contribution is 2.27. The quantitative estimate of drug-likeness (QED) is 0.877. The largest absolute Gasteiger partial charge is 0.439 e. The highest BCUT2D eigenvalue weighted by Gasteiger charge is 2.07. The van der Waals surface area contributed by atoms with Crippen LogP contribution in [0.1, 0.15) is 5.56 Å². The molecule has 1 N–H and O–H groups in total. The average Bonchev–Trinajstić information content (AvgIpc) is 2.33. The van der Waals surface area contributed by atoms with E-state index in [0.29, 0.717) is 12.4 Å². The lowest BCUT2D eigenvalue weighted by atomic mass is 10.2. The molecule has 0 aliphatic heterocycles. The molecule has 0 amide bonds. The van der Waals surface area contributed by atoms with E-state index in [1.54, 1.807) is 6.20 Å². The smallest absolute Gasteiger partial charge is 0.223 e. The fourth-order valence-electron chi connectivity index (χ4n) is 1.52. The SMILES string of the molecule is CNCc1cc(Br)cnc1Oc1cccc(Br)c1. The van der Waals surface area contributed by atoms with Crippen molar-refractivity contribution in [3.8, 4) is 11.6 Å². The molecule has 18 heavy (non-hydrogen) atoms. The summed E-state index contributed by atoms with van der Waals surface area (Å²) in [7, 11) is 1.89. The Kier molecular flexibility index (Phi) is 4.74. The number of hydrogen-bond acceptors (Lipinski definition) is 3. The summed E-state index contributed by atoms with van der Waals surface area (Å²) in [6.45, 7) is 0.704. The first kappa shape index (κ1) is 13.5. The molecular formula is C13H12Br2N2O. The molecule has 3 nitrogen and oxygen atoms in total. The van der Waals surface area contributed by atoms with Crippen molar-refractivity contribution in [2.24, 2.45) is 0 Å². The summed E-state index contributed by atoms with van der Waals surface area (Å²) in [4.78, 5) is 4.30. The Labute approximate surface area is 123 Å². The summed E-state index contributed by atoms with van der Waals surface area (Å²) < 4.78 is 7.71. The maximum atomic E-state index is 5.80. The van der Waals surface area contributed by atoms with E-state index in [-0.39, 0.29) is 0 Å². The summed E-state index contributed by atoms with van der Waals surface area (Å²) in [6, 6.07) is 9.69. The standard InChI is InChI=1S/C13H12Br2N2O/c1-16-7-9-5-11(15)8-17-13(9)18-12-4-2-3-10(14)6-12/h2-6,8,16H,7H2,1H3. The van der Waals surface area contributed by atoms with Crippen molar-refractivity contribution >= 4 is 31.9 Å². The van der Waals surface area contributed by atoms with Gasteiger partial charge in [-0.1, -0.05) is 22.0 Å². The maximum absolute atomic E-state index is 5.80. The molecule has 1 aromatic carbocycles. The third-order valence-electron chi connectivity index (χ3n) is 2.27. The van der Waals surface area contributed by atoms with E-state index in [9.17, 15) is 0 Å². The van der Waals surface area contributed by atoms with Crippen LogP contribution >= 0.6 is 31.9 Å². The first-order valence-corrected chi connectivity index (χ1v) is 7.00. The van der Waals surface area contributed by atoms with Crippen LogP contribution < -0.4 is 10.1 Å². The highest BCUT2D eigenvalue weighted by molar-refractivity contribution is 9.10. The van der Waals surface area contributed by atoms with Gasteiger partial charge in [-0.15, -0.1) is 0 Å². The normalized spacial score (nSPS) is 10.4. The van der Waals surface area contributed by atoms with Crippen LogP contribution in [0.25, 0.3) is 0 Å². The molecule has 0 saturated heterocycles. The van der Waals surface area contributed by atoms with Gasteiger partial charge in [0.1, 0.15) is 5.75 Å². The summed E-state index contributed by atoms with van der Waals surface area (Å²) in [5, 5.41) is 3.10. The van der Waals surface area contributed by atoms with Crippen LogP contribution in [0.15, 0.2) is 45.5 Å². The molecule has 0 unspecified atom stereocenters. The van der Waals surface area contributed by atoms with E-state index in [0.717, 1.165) is 20.3 Å². The molecule has 5 heteroatoms. The van der Waals surface area contributed by atoms with Gasteiger partial charge in [-0.3, -0.25) is 0 Å². The number of hydrogen-bond donors (Lipinski definition) is 1. The fraction of sp³-hybridized carbons (Fsp3) is 0.154. The van der Waals surface area contributed by atoms with E-state index in [2.05, 4.69) is 42.2 Å². The average molecular weight is 372 g/mol. The van der Waals surface area contributed by atoms with Crippen LogP contribution in [-0.4, -0.2) is 12.0 Å². The lowest BCUT2D eigenvalue weighted by molar-refractivity contribution is 0.454. The van der Waals surface area contributed by atoms with Gasteiger partial charge in [0.25, 0.3) is 0 Å². The summed E-state index contributed by atoms with van der Waals surface area (Å²) in [5.41, 5.74) is 1.01. The van der Waals surface area contributed by atoms with Crippen LogP contribution in [0.5, 0.6) is 11.6 Å². The molecule has 2 aromatic rings. The minimum Gasteiger partial charge on any atom is -0.439 e. The van der Waals surface area contributed by atoms with Gasteiger partial charge in [0.05, 0.1) is 0 Å². The summed E-state index contributed by atoms with van der Waals surface area (Å²) >= 11 is 6.83. The van der Waals surface area contributed by atoms with Gasteiger partial charge in [-0.25, -0.2) is 4.98 Å². The maximum Gasteiger partial charge on any atom is 0.223 e. The zero-order chi connectivity index (χ0) is 13.0. The summed E-state index contributed by atoms with van der Waals surface area (Å²) in [5.74, 6) is 1.38. The monoisotopic (exact) mass is 370 g/mol. The molecule has 0 fully saturated rings. The number of rotatable bonds is 4. The Hall–Kier alpha value is -0.910. The van der Waals surface area contributed by atoms with Gasteiger partial charge in [-0.2, -0.15) is 0 Å². The molecule has 0 saturated carbocycles. The van der Waals surface area contributed by atoms with E-state index in [1.807, 2.05) is 37.4 Å². The van der Waals surface area contributed by atoms with Crippen molar-refractivity contribution in [1.82, 2.24) is 10.3 Å². The van der Waals surface area contributed by atoms with Crippen LogP contribution in [0, 0.1) is 0 Å². The first-order valence-electron chi connectivity index (χ1n) is 5.41. The van der Waals surface area contributed by atoms with Crippen molar-refractivity contribution < 1.29 is 4.74 Å². The molecular weight excluding hydrogens is 360 g/mol. The van der Waals surface area contributed by atoms with Gasteiger partial charge in [-0.05, 0) is 47.2 Å². The predicted molar refractivity (Wildman–Crippen MR) is 78.9 cm³/mol. The third kappa shape index (κ3) is 3.54. The van der Waals surface area contributed by atoms with E-state index in [1.165, 1.54) is 0 Å². The Morgan fingerprint density at radius 2 is 2.06 bits per heavy atom. The van der Waals surface area contributed by atoms with Crippen molar-refractivity contribution in [2.45, 2.75) is 6.54 Å². The number of pyridine rings is 1. The lowest BCUT2D eigenvalue weighted by Crippen LogP contribution is -2.07. The van der Waals surface area contributed by atoms with Crippen LogP contribution in [0.2, 0.25) is 0 Å². The van der Waals surface area contributed by atoms with Gasteiger partial charge < -0.3 is 10.1 Å². The van der Waals surface area contributed by atoms with Crippen molar-refractivity contribution in [2.75, 3.05) is 7.05 Å². The minimum atomic E-state index is 0.616. The topological polar surface area (TPSA) is 34.2 Å². The number of aromatic nitrogens is 1. The zero-order valence-corrected chi connectivity index (χ0v) is 13.0. The van der Waals surface area contributed by atoms with Crippen molar-refractivity contribution in [1.29, 1.82) is 0 Å². The van der Waals surface area contributed by atoms with Gasteiger partial charge >= 0.3 is 0 Å². The second-order valence-electron chi connectivity index (χ2n) is 3.71. The predicted octanol–water partition coefficient (Wildman–Crippen LogP) is 4.12. The first-order chi connectivity index (χ1) is 8.69. The Balaban J connectivity index is 2.28. The summed E-state index contributed by atoms with van der Waals surface area (Å²) in [6.07, 6.45) is 1.73. The zero-order valence-electron chi connectivity index (χ0n) is 9.78. The molecule has 0 aliphatic carbocycles. The van der Waals surface area contributed by atoms with Gasteiger partial charge in [0.15, 0.2) is 0 Å². The molecule has 0 bridgehead atoms. The Morgan fingerprint density at radius 1 is 1.22 bits per heavy atom. The fourth-order valence-corrected chi connectivity index (χ4v) is 2.28. The lowest BCUT2D eigenvalue weighted by Gasteiger charge is -2.10. The third-order valence-corrected chi connectivity index (χ3v) is 3.20. The van der Waals surface area contributed by atoms with Crippen LogP contribution in [0.4, 0.5) is 0 Å². The number of halogens is 2. The second kappa shape index (κ2) is 6.31. The van der Waals surface area contributed by atoms with E-state index < -0.39 is 0 Å². The second-order valence-corrected chi connectivity index (χ2v) is 5.54. The number of ether oxygens (including phenoxy) is 1. The molecule has 94 valence electrons. The molecule has 0 radical (unpaired) electrons. The van der Waals surface area contributed by atoms with Gasteiger partial charge in [0.2, 0.25) is 5.88 Å². The van der Waals surface area contributed by atoms with Crippen LogP contribution in [-0.2, 0) is 6.54 Å². The van der Waals surface area contributed by atoms with E-state index in [4.69, 9.17) is 4.74 Å². The molecule has 0 aliphatic rings. The highest BCUT2D eigenvalue weighted by atomic mass is 79.9. The van der Waals surface area contributed by atoms with Gasteiger partial charge in [0, 0.05) is 27.3 Å². The molecule has 1 aromatic heterocycles. The molecule has 0 spiro atoms. The number of benzene rings is 1. The number of nitrogens with one attached hydrogen (secondary N) is 1. The molecule has 1 heterocycles. The molecule has 0 atom stereocenters. The minimum absolute atomic E-state index is 0.616. The van der Waals surface area contributed by atoms with Crippen molar-refractivity contribution in [3.05, 3.63) is 51.0 Å². The van der Waals surface area contributed by atoms with Crippen LogP contribution in [0.3, 0.4) is 0 Å².